The highest BCUT2D eigenvalue weighted by molar-refractivity contribution is 5.76. The minimum Gasteiger partial charge on any atom is -0.330 e. The fourth-order valence-corrected chi connectivity index (χ4v) is 2.54. The van der Waals surface area contributed by atoms with Gasteiger partial charge in [-0.1, -0.05) is 26.0 Å². The number of fused-ring (bicyclic) bond motifs is 1. The molecular formula is C15H23N3. The van der Waals surface area contributed by atoms with Crippen molar-refractivity contribution in [1.29, 1.82) is 0 Å². The van der Waals surface area contributed by atoms with Crippen LogP contribution in [0.3, 0.4) is 0 Å². The van der Waals surface area contributed by atoms with Gasteiger partial charge in [0.15, 0.2) is 0 Å². The van der Waals surface area contributed by atoms with Crippen molar-refractivity contribution in [2.45, 2.75) is 39.7 Å². The van der Waals surface area contributed by atoms with Crippen molar-refractivity contribution in [1.82, 2.24) is 9.55 Å². The second kappa shape index (κ2) is 5.11. The van der Waals surface area contributed by atoms with E-state index in [2.05, 4.69) is 50.5 Å². The van der Waals surface area contributed by atoms with Crippen LogP contribution in [-0.2, 0) is 0 Å². The fourth-order valence-electron chi connectivity index (χ4n) is 2.54. The van der Waals surface area contributed by atoms with Gasteiger partial charge in [-0.2, -0.15) is 0 Å². The molecule has 0 saturated heterocycles. The summed E-state index contributed by atoms with van der Waals surface area (Å²) in [5, 5.41) is 0. The van der Waals surface area contributed by atoms with Gasteiger partial charge in [0, 0.05) is 18.5 Å². The van der Waals surface area contributed by atoms with E-state index in [0.29, 0.717) is 24.4 Å². The monoisotopic (exact) mass is 245 g/mol. The minimum absolute atomic E-state index is 0.319. The number of nitrogens with two attached hydrogens (primary N) is 1. The lowest BCUT2D eigenvalue weighted by Gasteiger charge is -2.22. The molecule has 0 aliphatic rings. The number of para-hydroxylation sites is 2. The van der Waals surface area contributed by atoms with Crippen molar-refractivity contribution in [3.05, 3.63) is 30.1 Å². The van der Waals surface area contributed by atoms with Gasteiger partial charge in [-0.3, -0.25) is 0 Å². The van der Waals surface area contributed by atoms with E-state index in [0.717, 1.165) is 11.3 Å². The molecular weight excluding hydrogens is 222 g/mol. The van der Waals surface area contributed by atoms with Gasteiger partial charge in [0.05, 0.1) is 11.0 Å². The Bertz CT molecular complexity index is 526. The Morgan fingerprint density at radius 1 is 1.17 bits per heavy atom. The van der Waals surface area contributed by atoms with Crippen molar-refractivity contribution in [3.63, 3.8) is 0 Å². The van der Waals surface area contributed by atoms with Gasteiger partial charge in [0.25, 0.3) is 0 Å². The molecule has 1 atom stereocenters. The predicted octanol–water partition coefficient (Wildman–Crippen LogP) is 3.32. The number of rotatable bonds is 4. The fraction of sp³-hybridized carbons (Fsp3) is 0.533. The molecule has 2 N–H and O–H groups in total. The quantitative estimate of drug-likeness (QED) is 0.898. The third-order valence-corrected chi connectivity index (χ3v) is 3.53. The van der Waals surface area contributed by atoms with Gasteiger partial charge in [-0.05, 0) is 31.9 Å². The summed E-state index contributed by atoms with van der Waals surface area (Å²) in [6.07, 6.45) is 0. The summed E-state index contributed by atoms with van der Waals surface area (Å²) in [5.74, 6) is 1.95. The highest BCUT2D eigenvalue weighted by Gasteiger charge is 2.22. The average molecular weight is 245 g/mol. The van der Waals surface area contributed by atoms with Crippen LogP contribution in [0.25, 0.3) is 11.0 Å². The van der Waals surface area contributed by atoms with E-state index < -0.39 is 0 Å². The largest absolute Gasteiger partial charge is 0.330 e. The molecule has 1 heterocycles. The second-order valence-corrected chi connectivity index (χ2v) is 5.51. The molecule has 0 fully saturated rings. The second-order valence-electron chi connectivity index (χ2n) is 5.51. The maximum absolute atomic E-state index is 5.94. The SMILES string of the molecule is CC(C)C(CN)c1nc2ccccc2n1C(C)C. The lowest BCUT2D eigenvalue weighted by Crippen LogP contribution is -2.22. The Morgan fingerprint density at radius 3 is 2.39 bits per heavy atom. The van der Waals surface area contributed by atoms with E-state index in [1.54, 1.807) is 0 Å². The van der Waals surface area contributed by atoms with Crippen LogP contribution < -0.4 is 5.73 Å². The third-order valence-electron chi connectivity index (χ3n) is 3.53. The van der Waals surface area contributed by atoms with E-state index in [9.17, 15) is 0 Å². The Kier molecular flexibility index (Phi) is 3.71. The zero-order chi connectivity index (χ0) is 13.3. The van der Waals surface area contributed by atoms with Crippen molar-refractivity contribution in [3.8, 4) is 0 Å². The lowest BCUT2D eigenvalue weighted by molar-refractivity contribution is 0.449. The van der Waals surface area contributed by atoms with E-state index in [1.165, 1.54) is 5.52 Å². The number of benzene rings is 1. The first kappa shape index (κ1) is 13.1. The topological polar surface area (TPSA) is 43.8 Å². The number of hydrogen-bond acceptors (Lipinski definition) is 2. The molecule has 0 bridgehead atoms. The van der Waals surface area contributed by atoms with E-state index >= 15 is 0 Å². The number of imidazole rings is 1. The zero-order valence-corrected chi connectivity index (χ0v) is 11.7. The predicted molar refractivity (Wildman–Crippen MR) is 76.8 cm³/mol. The smallest absolute Gasteiger partial charge is 0.114 e. The maximum Gasteiger partial charge on any atom is 0.114 e. The molecule has 1 aromatic heterocycles. The molecule has 0 aliphatic carbocycles. The van der Waals surface area contributed by atoms with Crippen LogP contribution in [0.1, 0.15) is 45.5 Å². The Hall–Kier alpha value is -1.35. The summed E-state index contributed by atoms with van der Waals surface area (Å²) in [6.45, 7) is 9.47. The molecule has 0 spiro atoms. The van der Waals surface area contributed by atoms with Crippen LogP contribution in [0.15, 0.2) is 24.3 Å². The summed E-state index contributed by atoms with van der Waals surface area (Å²) in [7, 11) is 0. The molecule has 0 aliphatic heterocycles. The van der Waals surface area contributed by atoms with Crippen molar-refractivity contribution < 1.29 is 0 Å². The molecule has 18 heavy (non-hydrogen) atoms. The molecule has 3 nitrogen and oxygen atoms in total. The van der Waals surface area contributed by atoms with Gasteiger partial charge in [0.1, 0.15) is 5.82 Å². The summed E-state index contributed by atoms with van der Waals surface area (Å²) in [5.41, 5.74) is 8.22. The van der Waals surface area contributed by atoms with Gasteiger partial charge in [0.2, 0.25) is 0 Å². The van der Waals surface area contributed by atoms with Crippen molar-refractivity contribution in [2.24, 2.45) is 11.7 Å². The van der Waals surface area contributed by atoms with Crippen LogP contribution in [0.4, 0.5) is 0 Å². The van der Waals surface area contributed by atoms with Crippen LogP contribution in [-0.4, -0.2) is 16.1 Å². The highest BCUT2D eigenvalue weighted by Crippen LogP contribution is 2.29. The molecule has 3 heteroatoms. The minimum atomic E-state index is 0.319. The van der Waals surface area contributed by atoms with Crippen molar-refractivity contribution >= 4 is 11.0 Å². The molecule has 0 radical (unpaired) electrons. The first-order chi connectivity index (χ1) is 8.56. The highest BCUT2D eigenvalue weighted by atomic mass is 15.1. The van der Waals surface area contributed by atoms with Gasteiger partial charge < -0.3 is 10.3 Å². The van der Waals surface area contributed by atoms with Crippen LogP contribution in [0.5, 0.6) is 0 Å². The van der Waals surface area contributed by atoms with Crippen molar-refractivity contribution in [2.75, 3.05) is 6.54 Å². The van der Waals surface area contributed by atoms with Crippen LogP contribution >= 0.6 is 0 Å². The standard InChI is InChI=1S/C15H23N3/c1-10(2)12(9-16)15-17-13-7-5-6-8-14(13)18(15)11(3)4/h5-8,10-12H,9,16H2,1-4H3. The number of hydrogen-bond donors (Lipinski definition) is 1. The van der Waals surface area contributed by atoms with Gasteiger partial charge in [-0.15, -0.1) is 0 Å². The summed E-state index contributed by atoms with van der Waals surface area (Å²) in [6, 6.07) is 8.72. The molecule has 2 aromatic rings. The summed E-state index contributed by atoms with van der Waals surface area (Å²) in [4.78, 5) is 4.81. The summed E-state index contributed by atoms with van der Waals surface area (Å²) < 4.78 is 2.33. The van der Waals surface area contributed by atoms with E-state index in [-0.39, 0.29) is 0 Å². The van der Waals surface area contributed by atoms with Gasteiger partial charge in [-0.25, -0.2) is 4.98 Å². The third kappa shape index (κ3) is 2.15. The molecule has 98 valence electrons. The lowest BCUT2D eigenvalue weighted by atomic mass is 9.95. The molecule has 0 saturated carbocycles. The number of aromatic nitrogens is 2. The van der Waals surface area contributed by atoms with E-state index in [4.69, 9.17) is 10.7 Å². The van der Waals surface area contributed by atoms with Crippen LogP contribution in [0, 0.1) is 5.92 Å². The van der Waals surface area contributed by atoms with Crippen LogP contribution in [0.2, 0.25) is 0 Å². The number of nitrogens with zero attached hydrogens (tertiary/aromatic N) is 2. The molecule has 0 amide bonds. The van der Waals surface area contributed by atoms with E-state index in [1.807, 2.05) is 6.07 Å². The Labute approximate surface area is 109 Å². The first-order valence-corrected chi connectivity index (χ1v) is 6.73. The Morgan fingerprint density at radius 2 is 1.83 bits per heavy atom. The summed E-state index contributed by atoms with van der Waals surface area (Å²) >= 11 is 0. The zero-order valence-electron chi connectivity index (χ0n) is 11.7. The normalized spacial score (nSPS) is 13.7. The molecule has 2 rings (SSSR count). The van der Waals surface area contributed by atoms with Gasteiger partial charge >= 0.3 is 0 Å². The first-order valence-electron chi connectivity index (χ1n) is 6.73. The average Bonchev–Trinajstić information content (AvgIpc) is 2.68. The Balaban J connectivity index is 2.65. The molecule has 1 aromatic carbocycles. The maximum atomic E-state index is 5.94. The molecule has 1 unspecified atom stereocenters.